The zero-order valence-electron chi connectivity index (χ0n) is 12.9. The molecule has 0 unspecified atom stereocenters. The fourth-order valence-electron chi connectivity index (χ4n) is 3.29. The van der Waals surface area contributed by atoms with Gasteiger partial charge in [-0.25, -0.2) is 0 Å². The van der Waals surface area contributed by atoms with E-state index in [9.17, 15) is 0 Å². The van der Waals surface area contributed by atoms with Crippen LogP contribution in [0.4, 0.5) is 0 Å². The van der Waals surface area contributed by atoms with Crippen LogP contribution >= 0.6 is 0 Å². The van der Waals surface area contributed by atoms with E-state index in [0.29, 0.717) is 12.0 Å². The van der Waals surface area contributed by atoms with Crippen LogP contribution in [-0.4, -0.2) is 57.4 Å². The minimum atomic E-state index is 0.655. The molecule has 1 aliphatic heterocycles. The van der Waals surface area contributed by atoms with E-state index in [2.05, 4.69) is 28.4 Å². The zero-order chi connectivity index (χ0) is 14.5. The van der Waals surface area contributed by atoms with Gasteiger partial charge in [-0.05, 0) is 30.4 Å². The van der Waals surface area contributed by atoms with Crippen molar-refractivity contribution in [1.29, 1.82) is 0 Å². The molecular formula is C17H26N2O2. The molecule has 0 spiro atoms. The lowest BCUT2D eigenvalue weighted by atomic mass is 9.75. The van der Waals surface area contributed by atoms with E-state index in [4.69, 9.17) is 9.47 Å². The van der Waals surface area contributed by atoms with Crippen molar-refractivity contribution in [2.24, 2.45) is 0 Å². The number of hydrogen-bond donors (Lipinski definition) is 1. The highest BCUT2D eigenvalue weighted by Crippen LogP contribution is 2.40. The van der Waals surface area contributed by atoms with Crippen molar-refractivity contribution >= 4 is 0 Å². The molecule has 3 rings (SSSR count). The van der Waals surface area contributed by atoms with Crippen molar-refractivity contribution in [3.05, 3.63) is 29.8 Å². The van der Waals surface area contributed by atoms with Crippen LogP contribution in [-0.2, 0) is 4.74 Å². The highest BCUT2D eigenvalue weighted by molar-refractivity contribution is 5.37. The van der Waals surface area contributed by atoms with Gasteiger partial charge in [-0.2, -0.15) is 0 Å². The third-order valence-electron chi connectivity index (χ3n) is 4.68. The Labute approximate surface area is 127 Å². The average molecular weight is 290 g/mol. The first-order valence-electron chi connectivity index (χ1n) is 8.03. The van der Waals surface area contributed by atoms with Gasteiger partial charge in [0.1, 0.15) is 5.75 Å². The van der Waals surface area contributed by atoms with Gasteiger partial charge >= 0.3 is 0 Å². The van der Waals surface area contributed by atoms with Crippen molar-refractivity contribution in [2.75, 3.05) is 46.5 Å². The molecule has 0 atom stereocenters. The number of methoxy groups -OCH3 is 1. The minimum Gasteiger partial charge on any atom is -0.496 e. The van der Waals surface area contributed by atoms with E-state index < -0.39 is 0 Å². The summed E-state index contributed by atoms with van der Waals surface area (Å²) in [6, 6.07) is 9.08. The monoisotopic (exact) mass is 290 g/mol. The molecule has 2 aliphatic rings. The van der Waals surface area contributed by atoms with Crippen LogP contribution in [0.25, 0.3) is 0 Å². The first-order chi connectivity index (χ1) is 10.4. The third-order valence-corrected chi connectivity index (χ3v) is 4.68. The van der Waals surface area contributed by atoms with Gasteiger partial charge in [0, 0.05) is 32.2 Å². The van der Waals surface area contributed by atoms with Crippen LogP contribution in [0.15, 0.2) is 24.3 Å². The second kappa shape index (κ2) is 7.25. The smallest absolute Gasteiger partial charge is 0.122 e. The molecular weight excluding hydrogens is 264 g/mol. The fraction of sp³-hybridized carbons (Fsp3) is 0.647. The van der Waals surface area contributed by atoms with Gasteiger partial charge in [-0.3, -0.25) is 4.90 Å². The lowest BCUT2D eigenvalue weighted by Gasteiger charge is -2.37. The van der Waals surface area contributed by atoms with Gasteiger partial charge in [0.15, 0.2) is 0 Å². The van der Waals surface area contributed by atoms with Crippen LogP contribution in [0.2, 0.25) is 0 Å². The van der Waals surface area contributed by atoms with E-state index in [1.807, 2.05) is 6.07 Å². The van der Waals surface area contributed by atoms with Crippen LogP contribution in [0.5, 0.6) is 5.75 Å². The number of hydrogen-bond acceptors (Lipinski definition) is 4. The topological polar surface area (TPSA) is 33.7 Å². The van der Waals surface area contributed by atoms with Gasteiger partial charge in [0.05, 0.1) is 20.3 Å². The Hall–Kier alpha value is -1.10. The summed E-state index contributed by atoms with van der Waals surface area (Å²) in [7, 11) is 1.76. The summed E-state index contributed by atoms with van der Waals surface area (Å²) >= 11 is 0. The molecule has 1 N–H and O–H groups in total. The molecule has 1 heterocycles. The Morgan fingerprint density at radius 1 is 1.24 bits per heavy atom. The van der Waals surface area contributed by atoms with Crippen LogP contribution in [0.1, 0.15) is 24.3 Å². The molecule has 1 saturated carbocycles. The van der Waals surface area contributed by atoms with Gasteiger partial charge in [-0.15, -0.1) is 0 Å². The predicted molar refractivity (Wildman–Crippen MR) is 84.0 cm³/mol. The molecule has 1 aromatic carbocycles. The normalized spacial score (nSPS) is 26.3. The molecule has 1 saturated heterocycles. The number of nitrogens with zero attached hydrogens (tertiary/aromatic N) is 1. The highest BCUT2D eigenvalue weighted by Gasteiger charge is 2.31. The van der Waals surface area contributed by atoms with E-state index in [1.54, 1.807) is 7.11 Å². The van der Waals surface area contributed by atoms with Crippen molar-refractivity contribution in [3.63, 3.8) is 0 Å². The molecule has 0 radical (unpaired) electrons. The van der Waals surface area contributed by atoms with Crippen molar-refractivity contribution < 1.29 is 9.47 Å². The molecule has 4 heteroatoms. The minimum absolute atomic E-state index is 0.655. The SMILES string of the molecule is COc1ccccc1C1CC(NCCN2CCOCC2)C1. The van der Waals surface area contributed by atoms with E-state index >= 15 is 0 Å². The number of nitrogens with one attached hydrogen (secondary N) is 1. The Balaban J connectivity index is 1.37. The number of ether oxygens (including phenoxy) is 2. The predicted octanol–water partition coefficient (Wildman–Crippen LogP) is 1.86. The van der Waals surface area contributed by atoms with E-state index in [0.717, 1.165) is 45.1 Å². The largest absolute Gasteiger partial charge is 0.496 e. The average Bonchev–Trinajstić information content (AvgIpc) is 2.50. The van der Waals surface area contributed by atoms with Gasteiger partial charge < -0.3 is 14.8 Å². The molecule has 1 aliphatic carbocycles. The first-order valence-corrected chi connectivity index (χ1v) is 8.03. The number of para-hydroxylation sites is 1. The lowest BCUT2D eigenvalue weighted by Crippen LogP contribution is -2.45. The summed E-state index contributed by atoms with van der Waals surface area (Å²) in [5.41, 5.74) is 1.37. The van der Waals surface area contributed by atoms with Crippen molar-refractivity contribution in [1.82, 2.24) is 10.2 Å². The number of morpholine rings is 1. The van der Waals surface area contributed by atoms with Gasteiger partial charge in [0.2, 0.25) is 0 Å². The summed E-state index contributed by atoms with van der Waals surface area (Å²) in [5, 5.41) is 3.68. The maximum Gasteiger partial charge on any atom is 0.122 e. The quantitative estimate of drug-likeness (QED) is 0.867. The Morgan fingerprint density at radius 2 is 2.00 bits per heavy atom. The Kier molecular flexibility index (Phi) is 5.12. The van der Waals surface area contributed by atoms with Crippen LogP contribution in [0.3, 0.4) is 0 Å². The third kappa shape index (κ3) is 3.76. The van der Waals surface area contributed by atoms with Crippen LogP contribution < -0.4 is 10.1 Å². The van der Waals surface area contributed by atoms with Crippen molar-refractivity contribution in [3.8, 4) is 5.75 Å². The van der Waals surface area contributed by atoms with Gasteiger partial charge in [-0.1, -0.05) is 18.2 Å². The molecule has 0 aromatic heterocycles. The Bertz CT molecular complexity index is 440. The maximum absolute atomic E-state index is 5.46. The van der Waals surface area contributed by atoms with Gasteiger partial charge in [0.25, 0.3) is 0 Å². The summed E-state index contributed by atoms with van der Waals surface area (Å²) < 4.78 is 10.8. The molecule has 2 fully saturated rings. The molecule has 116 valence electrons. The number of benzene rings is 1. The van der Waals surface area contributed by atoms with Crippen LogP contribution in [0, 0.1) is 0 Å². The summed E-state index contributed by atoms with van der Waals surface area (Å²) in [5.74, 6) is 1.69. The Morgan fingerprint density at radius 3 is 2.76 bits per heavy atom. The standard InChI is InChI=1S/C17H26N2O2/c1-20-17-5-3-2-4-16(17)14-12-15(13-14)18-6-7-19-8-10-21-11-9-19/h2-5,14-15,18H,6-13H2,1H3. The van der Waals surface area contributed by atoms with E-state index in [-0.39, 0.29) is 0 Å². The van der Waals surface area contributed by atoms with E-state index in [1.165, 1.54) is 18.4 Å². The molecule has 4 nitrogen and oxygen atoms in total. The highest BCUT2D eigenvalue weighted by atomic mass is 16.5. The maximum atomic E-state index is 5.46. The summed E-state index contributed by atoms with van der Waals surface area (Å²) in [6.45, 7) is 6.16. The molecule has 1 aromatic rings. The first kappa shape index (κ1) is 14.8. The fourth-order valence-corrected chi connectivity index (χ4v) is 3.29. The second-order valence-corrected chi connectivity index (χ2v) is 6.02. The zero-order valence-corrected chi connectivity index (χ0v) is 12.9. The lowest BCUT2D eigenvalue weighted by molar-refractivity contribution is 0.0376. The molecule has 0 amide bonds. The molecule has 21 heavy (non-hydrogen) atoms. The summed E-state index contributed by atoms with van der Waals surface area (Å²) in [4.78, 5) is 2.48. The second-order valence-electron chi connectivity index (χ2n) is 6.02. The number of rotatable bonds is 6. The summed E-state index contributed by atoms with van der Waals surface area (Å²) in [6.07, 6.45) is 2.45. The molecule has 0 bridgehead atoms. The van der Waals surface area contributed by atoms with Crippen molar-refractivity contribution in [2.45, 2.75) is 24.8 Å².